The van der Waals surface area contributed by atoms with Crippen LogP contribution in [0.5, 0.6) is 0 Å². The van der Waals surface area contributed by atoms with Crippen molar-refractivity contribution in [3.05, 3.63) is 29.8 Å². The maximum absolute atomic E-state index is 9.09. The molecular formula is C9H14N2O. The van der Waals surface area contributed by atoms with E-state index in [0.29, 0.717) is 6.42 Å². The Kier molecular flexibility index (Phi) is 3.08. The Bertz CT molecular complexity index is 231. The molecular weight excluding hydrogens is 152 g/mol. The van der Waals surface area contributed by atoms with Crippen molar-refractivity contribution in [3.8, 4) is 0 Å². The van der Waals surface area contributed by atoms with Crippen LogP contribution in [0.3, 0.4) is 0 Å². The largest absolute Gasteiger partial charge is 0.393 e. The molecule has 1 rings (SSSR count). The average molecular weight is 166 g/mol. The zero-order valence-electron chi connectivity index (χ0n) is 7.12. The molecule has 0 aliphatic carbocycles. The third-order valence-electron chi connectivity index (χ3n) is 1.65. The van der Waals surface area contributed by atoms with E-state index in [-0.39, 0.29) is 6.10 Å². The lowest BCUT2D eigenvalue weighted by molar-refractivity contribution is 0.195. The summed E-state index contributed by atoms with van der Waals surface area (Å²) in [5.41, 5.74) is 4.54. The monoisotopic (exact) mass is 166 g/mol. The Balaban J connectivity index is 2.65. The van der Waals surface area contributed by atoms with Gasteiger partial charge in [-0.2, -0.15) is 0 Å². The van der Waals surface area contributed by atoms with Crippen LogP contribution >= 0.6 is 0 Å². The van der Waals surface area contributed by atoms with E-state index in [1.807, 2.05) is 24.3 Å². The second-order valence-corrected chi connectivity index (χ2v) is 2.89. The summed E-state index contributed by atoms with van der Waals surface area (Å²) >= 11 is 0. The summed E-state index contributed by atoms with van der Waals surface area (Å²) in [5, 5.41) is 9.09. The van der Waals surface area contributed by atoms with E-state index in [4.69, 9.17) is 10.9 Å². The Morgan fingerprint density at radius 3 is 2.42 bits per heavy atom. The molecule has 1 unspecified atom stereocenters. The molecule has 0 aromatic heterocycles. The van der Waals surface area contributed by atoms with Gasteiger partial charge in [0, 0.05) is 5.69 Å². The van der Waals surface area contributed by atoms with Gasteiger partial charge in [0.1, 0.15) is 0 Å². The zero-order chi connectivity index (χ0) is 8.97. The Morgan fingerprint density at radius 2 is 2.00 bits per heavy atom. The van der Waals surface area contributed by atoms with E-state index in [1.165, 1.54) is 0 Å². The van der Waals surface area contributed by atoms with Crippen LogP contribution in [0.25, 0.3) is 0 Å². The van der Waals surface area contributed by atoms with E-state index >= 15 is 0 Å². The van der Waals surface area contributed by atoms with Crippen LogP contribution in [0.15, 0.2) is 24.3 Å². The standard InChI is InChI=1S/C9H14N2O/c1-7(12)6-8-2-4-9(11-10)5-3-8/h2-5,7,11-12H,6,10H2,1H3. The van der Waals surface area contributed by atoms with Crippen molar-refractivity contribution in [1.29, 1.82) is 0 Å². The van der Waals surface area contributed by atoms with Gasteiger partial charge >= 0.3 is 0 Å². The SMILES string of the molecule is CC(O)Cc1ccc(NN)cc1. The molecule has 0 spiro atoms. The summed E-state index contributed by atoms with van der Waals surface area (Å²) in [6, 6.07) is 7.67. The summed E-state index contributed by atoms with van der Waals surface area (Å²) in [7, 11) is 0. The third-order valence-corrected chi connectivity index (χ3v) is 1.65. The minimum absolute atomic E-state index is 0.290. The van der Waals surface area contributed by atoms with Crippen molar-refractivity contribution in [3.63, 3.8) is 0 Å². The van der Waals surface area contributed by atoms with Crippen LogP contribution < -0.4 is 11.3 Å². The van der Waals surface area contributed by atoms with Crippen molar-refractivity contribution >= 4 is 5.69 Å². The highest BCUT2D eigenvalue weighted by molar-refractivity contribution is 5.43. The first kappa shape index (κ1) is 9.03. The minimum Gasteiger partial charge on any atom is -0.393 e. The Hall–Kier alpha value is -1.06. The third kappa shape index (κ3) is 2.53. The normalized spacial score (nSPS) is 12.6. The predicted octanol–water partition coefficient (Wildman–Crippen LogP) is 0.896. The molecule has 0 radical (unpaired) electrons. The van der Waals surface area contributed by atoms with Gasteiger partial charge in [0.05, 0.1) is 6.10 Å². The first-order chi connectivity index (χ1) is 5.72. The van der Waals surface area contributed by atoms with Crippen LogP contribution in [0.1, 0.15) is 12.5 Å². The molecule has 1 aromatic rings. The van der Waals surface area contributed by atoms with Gasteiger partial charge in [0.15, 0.2) is 0 Å². The second kappa shape index (κ2) is 4.09. The predicted molar refractivity (Wildman–Crippen MR) is 49.6 cm³/mol. The molecule has 3 nitrogen and oxygen atoms in total. The van der Waals surface area contributed by atoms with Crippen LogP contribution in [-0.2, 0) is 6.42 Å². The van der Waals surface area contributed by atoms with Gasteiger partial charge < -0.3 is 10.5 Å². The van der Waals surface area contributed by atoms with Gasteiger partial charge in [-0.3, -0.25) is 5.84 Å². The van der Waals surface area contributed by atoms with Crippen molar-refractivity contribution < 1.29 is 5.11 Å². The number of hydrogen-bond acceptors (Lipinski definition) is 3. The van der Waals surface area contributed by atoms with Crippen LogP contribution in [0.4, 0.5) is 5.69 Å². The number of aliphatic hydroxyl groups is 1. The number of benzene rings is 1. The smallest absolute Gasteiger partial charge is 0.0552 e. The molecule has 3 heteroatoms. The maximum Gasteiger partial charge on any atom is 0.0552 e. The Morgan fingerprint density at radius 1 is 1.42 bits per heavy atom. The van der Waals surface area contributed by atoms with Crippen molar-refractivity contribution in [2.75, 3.05) is 5.43 Å². The van der Waals surface area contributed by atoms with Crippen LogP contribution in [0.2, 0.25) is 0 Å². The fourth-order valence-corrected chi connectivity index (χ4v) is 1.08. The minimum atomic E-state index is -0.290. The van der Waals surface area contributed by atoms with E-state index in [9.17, 15) is 0 Å². The van der Waals surface area contributed by atoms with Gasteiger partial charge in [0.2, 0.25) is 0 Å². The molecule has 0 bridgehead atoms. The number of hydrogen-bond donors (Lipinski definition) is 3. The molecule has 4 N–H and O–H groups in total. The lowest BCUT2D eigenvalue weighted by Crippen LogP contribution is -2.07. The molecule has 0 aliphatic heterocycles. The van der Waals surface area contributed by atoms with E-state index in [1.54, 1.807) is 6.92 Å². The molecule has 0 fully saturated rings. The van der Waals surface area contributed by atoms with Crippen molar-refractivity contribution in [2.24, 2.45) is 5.84 Å². The number of hydrazine groups is 1. The van der Waals surface area contributed by atoms with E-state index in [2.05, 4.69) is 5.43 Å². The lowest BCUT2D eigenvalue weighted by Gasteiger charge is -2.05. The molecule has 12 heavy (non-hydrogen) atoms. The molecule has 0 aliphatic rings. The highest BCUT2D eigenvalue weighted by atomic mass is 16.3. The fourth-order valence-electron chi connectivity index (χ4n) is 1.08. The molecule has 0 amide bonds. The van der Waals surface area contributed by atoms with E-state index in [0.717, 1.165) is 11.3 Å². The van der Waals surface area contributed by atoms with Crippen LogP contribution in [0, 0.1) is 0 Å². The molecule has 0 heterocycles. The summed E-state index contributed by atoms with van der Waals surface area (Å²) in [5.74, 6) is 5.20. The second-order valence-electron chi connectivity index (χ2n) is 2.89. The summed E-state index contributed by atoms with van der Waals surface area (Å²) in [4.78, 5) is 0. The van der Waals surface area contributed by atoms with Crippen LogP contribution in [-0.4, -0.2) is 11.2 Å². The first-order valence-corrected chi connectivity index (χ1v) is 3.96. The summed E-state index contributed by atoms with van der Waals surface area (Å²) in [6.07, 6.45) is 0.395. The Labute approximate surface area is 72.2 Å². The zero-order valence-corrected chi connectivity index (χ0v) is 7.12. The molecule has 1 aromatic carbocycles. The number of nitrogens with two attached hydrogens (primary N) is 1. The molecule has 1 atom stereocenters. The molecule has 0 saturated carbocycles. The number of aliphatic hydroxyl groups excluding tert-OH is 1. The first-order valence-electron chi connectivity index (χ1n) is 3.96. The van der Waals surface area contributed by atoms with Gasteiger partial charge in [0.25, 0.3) is 0 Å². The van der Waals surface area contributed by atoms with E-state index < -0.39 is 0 Å². The summed E-state index contributed by atoms with van der Waals surface area (Å²) < 4.78 is 0. The number of rotatable bonds is 3. The van der Waals surface area contributed by atoms with Gasteiger partial charge in [-0.25, -0.2) is 0 Å². The number of anilines is 1. The highest BCUT2D eigenvalue weighted by Gasteiger charge is 1.97. The number of nitrogens with one attached hydrogen (secondary N) is 1. The highest BCUT2D eigenvalue weighted by Crippen LogP contribution is 2.09. The number of nitrogen functional groups attached to an aromatic ring is 1. The molecule has 66 valence electrons. The summed E-state index contributed by atoms with van der Waals surface area (Å²) in [6.45, 7) is 1.77. The quantitative estimate of drug-likeness (QED) is 0.462. The average Bonchev–Trinajstić information content (AvgIpc) is 2.05. The maximum atomic E-state index is 9.09. The topological polar surface area (TPSA) is 58.3 Å². The van der Waals surface area contributed by atoms with Crippen molar-refractivity contribution in [1.82, 2.24) is 0 Å². The van der Waals surface area contributed by atoms with Gasteiger partial charge in [-0.15, -0.1) is 0 Å². The van der Waals surface area contributed by atoms with Gasteiger partial charge in [-0.1, -0.05) is 12.1 Å². The van der Waals surface area contributed by atoms with Crippen molar-refractivity contribution in [2.45, 2.75) is 19.4 Å². The van der Waals surface area contributed by atoms with Gasteiger partial charge in [-0.05, 0) is 31.0 Å². The molecule has 0 saturated heterocycles. The fraction of sp³-hybridized carbons (Fsp3) is 0.333. The lowest BCUT2D eigenvalue weighted by atomic mass is 10.1.